The van der Waals surface area contributed by atoms with Crippen LogP contribution in [-0.4, -0.2) is 16.5 Å². The molecule has 0 spiro atoms. The third-order valence-electron chi connectivity index (χ3n) is 1.04. The van der Waals surface area contributed by atoms with Crippen LogP contribution < -0.4 is 5.32 Å². The van der Waals surface area contributed by atoms with Gasteiger partial charge in [-0.1, -0.05) is 11.6 Å². The van der Waals surface area contributed by atoms with E-state index in [0.717, 1.165) is 10.1 Å². The molecule has 1 heterocycles. The van der Waals surface area contributed by atoms with Crippen LogP contribution in [0.1, 0.15) is 6.92 Å². The number of hydrogen-bond donors (Lipinski definition) is 1. The summed E-state index contributed by atoms with van der Waals surface area (Å²) in [5.41, 5.74) is 0. The first-order valence-corrected chi connectivity index (χ1v) is 4.61. The van der Waals surface area contributed by atoms with E-state index in [2.05, 4.69) is 37.9 Å². The third-order valence-corrected chi connectivity index (χ3v) is 2.43. The molecule has 0 radical (unpaired) electrons. The van der Waals surface area contributed by atoms with Crippen LogP contribution in [-0.2, 0) is 0 Å². The van der Waals surface area contributed by atoms with Crippen LogP contribution in [0.15, 0.2) is 6.20 Å². The Morgan fingerprint density at radius 1 is 1.73 bits per heavy atom. The van der Waals surface area contributed by atoms with Crippen LogP contribution in [0.3, 0.4) is 0 Å². The van der Waals surface area contributed by atoms with Gasteiger partial charge in [0.1, 0.15) is 5.15 Å². The Bertz CT molecular complexity index is 254. The first-order valence-electron chi connectivity index (χ1n) is 3.16. The van der Waals surface area contributed by atoms with E-state index in [0.29, 0.717) is 11.1 Å². The van der Waals surface area contributed by atoms with Crippen LogP contribution >= 0.6 is 34.2 Å². The molecular weight excluding hydrogens is 276 g/mol. The van der Waals surface area contributed by atoms with Gasteiger partial charge in [0.15, 0.2) is 0 Å². The van der Waals surface area contributed by atoms with Crippen molar-refractivity contribution in [2.75, 3.05) is 11.9 Å². The number of nitrogens with one attached hydrogen (secondary N) is 1. The van der Waals surface area contributed by atoms with Gasteiger partial charge in [-0.15, -0.1) is 0 Å². The maximum Gasteiger partial charge on any atom is 0.224 e. The largest absolute Gasteiger partial charge is 0.354 e. The number of anilines is 1. The summed E-state index contributed by atoms with van der Waals surface area (Å²) in [6.45, 7) is 2.78. The predicted molar refractivity (Wildman–Crippen MR) is 53.9 cm³/mol. The van der Waals surface area contributed by atoms with Crippen molar-refractivity contribution < 1.29 is 0 Å². The van der Waals surface area contributed by atoms with E-state index < -0.39 is 0 Å². The molecule has 0 aliphatic rings. The third kappa shape index (κ3) is 2.44. The molecule has 11 heavy (non-hydrogen) atoms. The minimum atomic E-state index is 0.497. The summed E-state index contributed by atoms with van der Waals surface area (Å²) in [5, 5.41) is 3.46. The zero-order chi connectivity index (χ0) is 8.27. The molecule has 60 valence electrons. The van der Waals surface area contributed by atoms with Crippen molar-refractivity contribution >= 4 is 40.1 Å². The van der Waals surface area contributed by atoms with Gasteiger partial charge < -0.3 is 5.32 Å². The second-order valence-corrected chi connectivity index (χ2v) is 3.38. The highest BCUT2D eigenvalue weighted by Crippen LogP contribution is 2.15. The zero-order valence-electron chi connectivity index (χ0n) is 5.93. The van der Waals surface area contributed by atoms with Crippen molar-refractivity contribution in [2.24, 2.45) is 0 Å². The molecule has 0 aliphatic carbocycles. The number of halogens is 2. The molecule has 0 aromatic carbocycles. The topological polar surface area (TPSA) is 37.8 Å². The Labute approximate surface area is 83.7 Å². The predicted octanol–water partition coefficient (Wildman–Crippen LogP) is 2.17. The Morgan fingerprint density at radius 3 is 3.00 bits per heavy atom. The first kappa shape index (κ1) is 8.99. The summed E-state index contributed by atoms with van der Waals surface area (Å²) in [6.07, 6.45) is 1.69. The number of aromatic nitrogens is 2. The lowest BCUT2D eigenvalue weighted by Gasteiger charge is -2.00. The van der Waals surface area contributed by atoms with Crippen molar-refractivity contribution in [3.63, 3.8) is 0 Å². The molecule has 0 aliphatic heterocycles. The van der Waals surface area contributed by atoms with E-state index in [1.54, 1.807) is 6.20 Å². The van der Waals surface area contributed by atoms with E-state index in [1.807, 2.05) is 6.92 Å². The van der Waals surface area contributed by atoms with Crippen LogP contribution in [0.25, 0.3) is 0 Å². The van der Waals surface area contributed by atoms with E-state index in [9.17, 15) is 0 Å². The van der Waals surface area contributed by atoms with E-state index in [4.69, 9.17) is 11.6 Å². The minimum Gasteiger partial charge on any atom is -0.354 e. The minimum absolute atomic E-state index is 0.497. The molecule has 1 aromatic heterocycles. The SMILES string of the molecule is CCNc1ncc(I)c(Cl)n1. The lowest BCUT2D eigenvalue weighted by molar-refractivity contribution is 1.08. The summed E-state index contributed by atoms with van der Waals surface area (Å²) >= 11 is 7.84. The van der Waals surface area contributed by atoms with E-state index in [-0.39, 0.29) is 0 Å². The molecule has 3 nitrogen and oxygen atoms in total. The fourth-order valence-corrected chi connectivity index (χ4v) is 0.978. The molecule has 0 fully saturated rings. The highest BCUT2D eigenvalue weighted by molar-refractivity contribution is 14.1. The molecule has 5 heteroatoms. The monoisotopic (exact) mass is 283 g/mol. The first-order chi connectivity index (χ1) is 5.24. The Kier molecular flexibility index (Phi) is 3.32. The average molecular weight is 284 g/mol. The molecule has 0 amide bonds. The molecular formula is C6H7ClIN3. The smallest absolute Gasteiger partial charge is 0.224 e. The summed E-state index contributed by atoms with van der Waals surface area (Å²) in [4.78, 5) is 8.01. The highest BCUT2D eigenvalue weighted by atomic mass is 127. The van der Waals surface area contributed by atoms with Gasteiger partial charge in [-0.2, -0.15) is 0 Å². The zero-order valence-corrected chi connectivity index (χ0v) is 8.85. The normalized spacial score (nSPS) is 9.73. The highest BCUT2D eigenvalue weighted by Gasteiger charge is 1.99. The fraction of sp³-hybridized carbons (Fsp3) is 0.333. The van der Waals surface area contributed by atoms with Gasteiger partial charge in [-0.3, -0.25) is 0 Å². The van der Waals surface area contributed by atoms with Crippen LogP contribution in [0.5, 0.6) is 0 Å². The van der Waals surface area contributed by atoms with Crippen molar-refractivity contribution in [1.82, 2.24) is 9.97 Å². The van der Waals surface area contributed by atoms with E-state index >= 15 is 0 Å². The van der Waals surface area contributed by atoms with Crippen molar-refractivity contribution in [1.29, 1.82) is 0 Å². The number of hydrogen-bond acceptors (Lipinski definition) is 3. The summed E-state index contributed by atoms with van der Waals surface area (Å²) in [7, 11) is 0. The molecule has 0 unspecified atom stereocenters. The summed E-state index contributed by atoms with van der Waals surface area (Å²) in [5.74, 6) is 0.581. The summed E-state index contributed by atoms with van der Waals surface area (Å²) in [6, 6.07) is 0. The molecule has 0 atom stereocenters. The Morgan fingerprint density at radius 2 is 2.45 bits per heavy atom. The Balaban J connectivity index is 2.86. The van der Waals surface area contributed by atoms with Crippen molar-refractivity contribution in [3.8, 4) is 0 Å². The molecule has 0 saturated carbocycles. The average Bonchev–Trinajstić information content (AvgIpc) is 1.98. The van der Waals surface area contributed by atoms with Crippen LogP contribution in [0, 0.1) is 3.57 Å². The maximum absolute atomic E-state index is 5.75. The number of nitrogens with zero attached hydrogens (tertiary/aromatic N) is 2. The fourth-order valence-electron chi connectivity index (χ4n) is 0.590. The van der Waals surface area contributed by atoms with Gasteiger partial charge in [0.2, 0.25) is 5.95 Å². The molecule has 1 aromatic rings. The number of rotatable bonds is 2. The quantitative estimate of drug-likeness (QED) is 0.668. The lowest BCUT2D eigenvalue weighted by Crippen LogP contribution is -2.02. The van der Waals surface area contributed by atoms with Crippen LogP contribution in [0.2, 0.25) is 5.15 Å². The Hall–Kier alpha value is -0.100. The van der Waals surface area contributed by atoms with Gasteiger partial charge in [0, 0.05) is 12.7 Å². The second kappa shape index (κ2) is 4.06. The van der Waals surface area contributed by atoms with Crippen molar-refractivity contribution in [3.05, 3.63) is 14.9 Å². The van der Waals surface area contributed by atoms with Gasteiger partial charge >= 0.3 is 0 Å². The summed E-state index contributed by atoms with van der Waals surface area (Å²) < 4.78 is 0.867. The lowest BCUT2D eigenvalue weighted by atomic mass is 10.6. The van der Waals surface area contributed by atoms with Gasteiger partial charge in [-0.05, 0) is 29.5 Å². The molecule has 0 saturated heterocycles. The van der Waals surface area contributed by atoms with Gasteiger partial charge in [0.05, 0.1) is 3.57 Å². The van der Waals surface area contributed by atoms with E-state index in [1.165, 1.54) is 0 Å². The van der Waals surface area contributed by atoms with Crippen LogP contribution in [0.4, 0.5) is 5.95 Å². The molecule has 1 N–H and O–H groups in total. The molecule has 0 bridgehead atoms. The second-order valence-electron chi connectivity index (χ2n) is 1.86. The van der Waals surface area contributed by atoms with Gasteiger partial charge in [-0.25, -0.2) is 9.97 Å². The maximum atomic E-state index is 5.75. The van der Waals surface area contributed by atoms with Gasteiger partial charge in [0.25, 0.3) is 0 Å². The van der Waals surface area contributed by atoms with Crippen molar-refractivity contribution in [2.45, 2.75) is 6.92 Å². The molecule has 1 rings (SSSR count). The standard InChI is InChI=1S/C6H7ClIN3/c1-2-9-6-10-3-4(8)5(7)11-6/h3H,2H2,1H3,(H,9,10,11).